The van der Waals surface area contributed by atoms with Crippen LogP contribution in [0.2, 0.25) is 5.02 Å². The first-order valence-corrected chi connectivity index (χ1v) is 19.7. The summed E-state index contributed by atoms with van der Waals surface area (Å²) in [6.07, 6.45) is 10.2. The monoisotopic (exact) mass is 786 g/mol. The van der Waals surface area contributed by atoms with Crippen molar-refractivity contribution in [2.45, 2.75) is 70.5 Å². The molecule has 0 bridgehead atoms. The van der Waals surface area contributed by atoms with Gasteiger partial charge in [0.25, 0.3) is 0 Å². The molecule has 5 aromatic rings. The molecule has 3 N–H and O–H groups in total. The summed E-state index contributed by atoms with van der Waals surface area (Å²) in [5, 5.41) is 21.3. The van der Waals surface area contributed by atoms with Crippen molar-refractivity contribution in [3.8, 4) is 45.2 Å². The van der Waals surface area contributed by atoms with E-state index in [9.17, 15) is 4.79 Å². The molecule has 10 nitrogen and oxygen atoms in total. The minimum absolute atomic E-state index is 0.350. The summed E-state index contributed by atoms with van der Waals surface area (Å²) in [5.74, 6) is 1.38. The Morgan fingerprint density at radius 2 is 1.52 bits per heavy atom. The van der Waals surface area contributed by atoms with Crippen molar-refractivity contribution < 1.29 is 33.2 Å². The molecule has 12 heteroatoms. The molecule has 0 unspecified atom stereocenters. The van der Waals surface area contributed by atoms with Gasteiger partial charge in [0, 0.05) is 73.0 Å². The summed E-state index contributed by atoms with van der Waals surface area (Å²) in [6.45, 7) is 2.50. The number of carbonyl (C=O) groups is 1. The van der Waals surface area contributed by atoms with E-state index in [2.05, 4.69) is 10.6 Å². The van der Waals surface area contributed by atoms with E-state index < -0.39 is 5.97 Å². The maximum absolute atomic E-state index is 15.2. The predicted octanol–water partition coefficient (Wildman–Crippen LogP) is 9.21. The molecule has 0 spiro atoms. The number of ether oxygens (including phenoxy) is 4. The molecule has 2 fully saturated rings. The van der Waals surface area contributed by atoms with Gasteiger partial charge in [0.05, 0.1) is 49.3 Å². The molecule has 298 valence electrons. The van der Waals surface area contributed by atoms with Crippen molar-refractivity contribution >= 4 is 28.5 Å². The molecule has 1 saturated heterocycles. The van der Waals surface area contributed by atoms with E-state index in [-0.39, 0.29) is 5.82 Å². The molecule has 0 radical (unpaired) electrons. The fraction of sp³-hybridized carbons (Fsp3) is 0.409. The van der Waals surface area contributed by atoms with E-state index in [1.165, 1.54) is 32.4 Å². The lowest BCUT2D eigenvalue weighted by Gasteiger charge is -2.24. The van der Waals surface area contributed by atoms with Crippen LogP contribution in [0, 0.1) is 11.7 Å². The lowest BCUT2D eigenvalue weighted by atomic mass is 9.87. The average Bonchev–Trinajstić information content (AvgIpc) is 3.66. The quantitative estimate of drug-likeness (QED) is 0.107. The zero-order valence-electron chi connectivity index (χ0n) is 32.6. The molecular formula is C44H52ClFN4O6. The van der Waals surface area contributed by atoms with Gasteiger partial charge in [-0.05, 0) is 68.0 Å². The van der Waals surface area contributed by atoms with Crippen LogP contribution in [0.25, 0.3) is 38.8 Å². The van der Waals surface area contributed by atoms with Gasteiger partial charge < -0.3 is 34.7 Å². The third-order valence-electron chi connectivity index (χ3n) is 10.8. The Hall–Kier alpha value is -4.68. The highest BCUT2D eigenvalue weighted by atomic mass is 35.5. The standard InChI is InChI=1S/C36H38ClFN4O4.C8H14O2/c1-39-19-29-31(38)15-22(16-33(29)43-2)25-7-5-9-27(36(25)37)26-8-6-10-32-28(26)21-41-42(32)24-17-34(44-3)30(35(18-24)45-4)20-40-23-11-13-46-14-12-23;9-8(10)6-7-4-2-1-3-5-7/h5-10,15-18,21,23,39-40H,11-14,19-20H2,1-4H3;7H,1-6H2,(H,9,10). The molecule has 2 heterocycles. The van der Waals surface area contributed by atoms with Crippen LogP contribution in [0.5, 0.6) is 17.2 Å². The third-order valence-corrected chi connectivity index (χ3v) is 11.2. The van der Waals surface area contributed by atoms with Gasteiger partial charge in [-0.2, -0.15) is 5.10 Å². The summed E-state index contributed by atoms with van der Waals surface area (Å²) in [6, 6.07) is 19.5. The van der Waals surface area contributed by atoms with Crippen LogP contribution >= 0.6 is 11.6 Å². The van der Waals surface area contributed by atoms with Crippen molar-refractivity contribution in [1.82, 2.24) is 20.4 Å². The van der Waals surface area contributed by atoms with Gasteiger partial charge in [-0.25, -0.2) is 9.07 Å². The van der Waals surface area contributed by atoms with E-state index in [0.29, 0.717) is 70.4 Å². The Balaban J connectivity index is 0.000000463. The third kappa shape index (κ3) is 9.46. The molecule has 4 aromatic carbocycles. The van der Waals surface area contributed by atoms with Crippen LogP contribution in [0.4, 0.5) is 4.39 Å². The van der Waals surface area contributed by atoms with E-state index in [4.69, 9.17) is 40.8 Å². The van der Waals surface area contributed by atoms with Crippen LogP contribution in [0.3, 0.4) is 0 Å². The largest absolute Gasteiger partial charge is 0.496 e. The number of aliphatic carboxylic acids is 1. The Bertz CT molecular complexity index is 2090. The number of carboxylic acids is 1. The minimum Gasteiger partial charge on any atom is -0.496 e. The zero-order valence-corrected chi connectivity index (χ0v) is 33.4. The molecule has 1 aliphatic heterocycles. The number of halogens is 2. The van der Waals surface area contributed by atoms with Gasteiger partial charge in [-0.1, -0.05) is 61.2 Å². The predicted molar refractivity (Wildman–Crippen MR) is 219 cm³/mol. The second-order valence-corrected chi connectivity index (χ2v) is 14.7. The Morgan fingerprint density at radius 1 is 0.875 bits per heavy atom. The first-order chi connectivity index (χ1) is 27.3. The number of rotatable bonds is 13. The number of nitrogens with one attached hydrogen (secondary N) is 2. The van der Waals surface area contributed by atoms with Crippen molar-refractivity contribution in [1.29, 1.82) is 0 Å². The van der Waals surface area contributed by atoms with Crippen LogP contribution in [0.1, 0.15) is 62.5 Å². The Morgan fingerprint density at radius 3 is 2.18 bits per heavy atom. The highest BCUT2D eigenvalue weighted by molar-refractivity contribution is 6.36. The van der Waals surface area contributed by atoms with Crippen LogP contribution < -0.4 is 24.8 Å². The number of aromatic nitrogens is 2. The normalized spacial score (nSPS) is 15.0. The number of nitrogens with zero attached hydrogens (tertiary/aromatic N) is 2. The highest BCUT2D eigenvalue weighted by Gasteiger charge is 2.21. The number of methoxy groups -OCH3 is 3. The zero-order chi connectivity index (χ0) is 39.6. The van der Waals surface area contributed by atoms with Crippen LogP contribution in [-0.2, 0) is 22.6 Å². The second kappa shape index (κ2) is 19.5. The van der Waals surface area contributed by atoms with Gasteiger partial charge in [0.1, 0.15) is 23.1 Å². The smallest absolute Gasteiger partial charge is 0.303 e. The first kappa shape index (κ1) is 41.0. The van der Waals surface area contributed by atoms with Gasteiger partial charge in [-0.3, -0.25) is 4.79 Å². The summed E-state index contributed by atoms with van der Waals surface area (Å²) in [5.41, 5.74) is 6.17. The number of benzene rings is 4. The van der Waals surface area contributed by atoms with Crippen molar-refractivity contribution in [2.24, 2.45) is 5.92 Å². The number of hydrogen-bond donors (Lipinski definition) is 3. The number of fused-ring (bicyclic) bond motifs is 1. The molecular weight excluding hydrogens is 735 g/mol. The van der Waals surface area contributed by atoms with E-state index >= 15 is 4.39 Å². The first-order valence-electron chi connectivity index (χ1n) is 19.3. The summed E-state index contributed by atoms with van der Waals surface area (Å²) < 4.78 is 39.7. The van der Waals surface area contributed by atoms with Crippen molar-refractivity contribution in [3.05, 3.63) is 88.8 Å². The maximum Gasteiger partial charge on any atom is 0.303 e. The van der Waals surface area contributed by atoms with Gasteiger partial charge in [-0.15, -0.1) is 0 Å². The van der Waals surface area contributed by atoms with Crippen molar-refractivity contribution in [3.63, 3.8) is 0 Å². The molecule has 0 amide bonds. The molecule has 0 atom stereocenters. The average molecular weight is 787 g/mol. The Kier molecular flexibility index (Phi) is 14.2. The Labute approximate surface area is 333 Å². The summed E-state index contributed by atoms with van der Waals surface area (Å²) in [7, 11) is 6.64. The van der Waals surface area contributed by atoms with E-state index in [1.807, 2.05) is 65.5 Å². The summed E-state index contributed by atoms with van der Waals surface area (Å²) in [4.78, 5) is 10.3. The second-order valence-electron chi connectivity index (χ2n) is 14.3. The van der Waals surface area contributed by atoms with Gasteiger partial charge in [0.2, 0.25) is 0 Å². The summed E-state index contributed by atoms with van der Waals surface area (Å²) >= 11 is 7.08. The van der Waals surface area contributed by atoms with Crippen LogP contribution in [-0.4, -0.2) is 68.5 Å². The lowest BCUT2D eigenvalue weighted by Crippen LogP contribution is -2.34. The van der Waals surface area contributed by atoms with Gasteiger partial charge in [0.15, 0.2) is 0 Å². The van der Waals surface area contributed by atoms with E-state index in [0.717, 1.165) is 72.2 Å². The molecule has 56 heavy (non-hydrogen) atoms. The minimum atomic E-state index is -0.632. The molecule has 1 aromatic heterocycles. The molecule has 1 aliphatic carbocycles. The highest BCUT2D eigenvalue weighted by Crippen LogP contribution is 2.42. The number of carboxylic acid groups (broad SMARTS) is 1. The fourth-order valence-corrected chi connectivity index (χ4v) is 8.14. The molecule has 1 saturated carbocycles. The molecule has 7 rings (SSSR count). The van der Waals surface area contributed by atoms with Crippen molar-refractivity contribution in [2.75, 3.05) is 41.6 Å². The number of hydrogen-bond acceptors (Lipinski definition) is 8. The maximum atomic E-state index is 15.2. The van der Waals surface area contributed by atoms with Gasteiger partial charge >= 0.3 is 5.97 Å². The molecule has 2 aliphatic rings. The van der Waals surface area contributed by atoms with Crippen LogP contribution in [0.15, 0.2) is 66.9 Å². The fourth-order valence-electron chi connectivity index (χ4n) is 7.80. The topological polar surface area (TPSA) is 116 Å². The van der Waals surface area contributed by atoms with E-state index in [1.54, 1.807) is 21.3 Å². The lowest BCUT2D eigenvalue weighted by molar-refractivity contribution is -0.138. The SMILES string of the molecule is CNCc1c(F)cc(-c2cccc(-c3cccc4c3cnn4-c3cc(OC)c(CNC4CCOCC4)c(OC)c3)c2Cl)cc1OC.O=C(O)CC1CCCCC1.